The maximum Gasteiger partial charge on any atom is 0.0246 e. The van der Waals surface area contributed by atoms with Gasteiger partial charge >= 0.3 is 0 Å². The minimum atomic E-state index is 0.223. The quantitative estimate of drug-likeness (QED) is 0.809. The van der Waals surface area contributed by atoms with Crippen LogP contribution in [0, 0.1) is 5.92 Å². The summed E-state index contributed by atoms with van der Waals surface area (Å²) in [5.41, 5.74) is 0.223. The van der Waals surface area contributed by atoms with Gasteiger partial charge in [-0.2, -0.15) is 0 Å². The predicted octanol–water partition coefficient (Wildman–Crippen LogP) is 4.05. The minimum absolute atomic E-state index is 0.223. The van der Waals surface area contributed by atoms with Gasteiger partial charge in [-0.3, -0.25) is 4.90 Å². The Hall–Kier alpha value is -0.0800. The van der Waals surface area contributed by atoms with E-state index >= 15 is 0 Å². The van der Waals surface area contributed by atoms with Crippen molar-refractivity contribution in [3.8, 4) is 0 Å². The average Bonchev–Trinajstić information content (AvgIpc) is 2.52. The molecule has 114 valence electrons. The van der Waals surface area contributed by atoms with Gasteiger partial charge < -0.3 is 5.32 Å². The SMILES string of the molecule is CCC1CCCCCN1C(CNC(C)(C)C)C(C)C. The van der Waals surface area contributed by atoms with Gasteiger partial charge in [0.2, 0.25) is 0 Å². The molecule has 2 atom stereocenters. The molecule has 0 spiro atoms. The molecular weight excluding hydrogens is 232 g/mol. The van der Waals surface area contributed by atoms with Crippen LogP contribution in [-0.2, 0) is 0 Å². The van der Waals surface area contributed by atoms with E-state index in [9.17, 15) is 0 Å². The normalized spacial score (nSPS) is 24.5. The van der Waals surface area contributed by atoms with Crippen molar-refractivity contribution in [1.29, 1.82) is 0 Å². The summed E-state index contributed by atoms with van der Waals surface area (Å²) in [4.78, 5) is 2.82. The Balaban J connectivity index is 2.71. The van der Waals surface area contributed by atoms with E-state index in [1.807, 2.05) is 0 Å². The van der Waals surface area contributed by atoms with E-state index < -0.39 is 0 Å². The van der Waals surface area contributed by atoms with Gasteiger partial charge in [-0.15, -0.1) is 0 Å². The highest BCUT2D eigenvalue weighted by Gasteiger charge is 2.29. The summed E-state index contributed by atoms with van der Waals surface area (Å²) in [6, 6.07) is 1.49. The van der Waals surface area contributed by atoms with Crippen LogP contribution in [0.25, 0.3) is 0 Å². The third-order valence-corrected chi connectivity index (χ3v) is 4.43. The summed E-state index contributed by atoms with van der Waals surface area (Å²) < 4.78 is 0. The Kier molecular flexibility index (Phi) is 6.82. The Bertz CT molecular complexity index is 242. The van der Waals surface area contributed by atoms with Gasteiger partial charge in [-0.25, -0.2) is 0 Å². The smallest absolute Gasteiger partial charge is 0.0246 e. The molecule has 0 aromatic carbocycles. The lowest BCUT2D eigenvalue weighted by molar-refractivity contribution is 0.0943. The van der Waals surface area contributed by atoms with Crippen molar-refractivity contribution < 1.29 is 0 Å². The highest BCUT2D eigenvalue weighted by molar-refractivity contribution is 4.86. The number of hydrogen-bond donors (Lipinski definition) is 1. The topological polar surface area (TPSA) is 15.3 Å². The molecule has 2 nitrogen and oxygen atoms in total. The molecule has 1 fully saturated rings. The van der Waals surface area contributed by atoms with Crippen molar-refractivity contribution >= 4 is 0 Å². The summed E-state index contributed by atoms with van der Waals surface area (Å²) >= 11 is 0. The second-order valence-corrected chi connectivity index (χ2v) is 7.59. The average molecular weight is 268 g/mol. The van der Waals surface area contributed by atoms with E-state index in [4.69, 9.17) is 0 Å². The van der Waals surface area contributed by atoms with Crippen molar-refractivity contribution in [3.05, 3.63) is 0 Å². The van der Waals surface area contributed by atoms with E-state index in [1.54, 1.807) is 0 Å². The van der Waals surface area contributed by atoms with E-state index in [2.05, 4.69) is 51.8 Å². The fourth-order valence-corrected chi connectivity index (χ4v) is 3.22. The van der Waals surface area contributed by atoms with Crippen LogP contribution in [0.4, 0.5) is 0 Å². The van der Waals surface area contributed by atoms with Crippen LogP contribution < -0.4 is 5.32 Å². The molecule has 1 aliphatic rings. The van der Waals surface area contributed by atoms with Crippen molar-refractivity contribution in [3.63, 3.8) is 0 Å². The van der Waals surface area contributed by atoms with E-state index in [0.29, 0.717) is 6.04 Å². The van der Waals surface area contributed by atoms with Crippen LogP contribution in [0.15, 0.2) is 0 Å². The Morgan fingerprint density at radius 3 is 2.37 bits per heavy atom. The fraction of sp³-hybridized carbons (Fsp3) is 1.00. The first-order valence-corrected chi connectivity index (χ1v) is 8.36. The van der Waals surface area contributed by atoms with Gasteiger partial charge in [0.1, 0.15) is 0 Å². The second-order valence-electron chi connectivity index (χ2n) is 7.59. The zero-order valence-electron chi connectivity index (χ0n) is 14.1. The van der Waals surface area contributed by atoms with Gasteiger partial charge in [-0.05, 0) is 52.5 Å². The van der Waals surface area contributed by atoms with E-state index in [1.165, 1.54) is 38.6 Å². The lowest BCUT2D eigenvalue weighted by Gasteiger charge is -2.40. The van der Waals surface area contributed by atoms with E-state index in [0.717, 1.165) is 18.5 Å². The summed E-state index contributed by atoms with van der Waals surface area (Å²) in [6.07, 6.45) is 6.93. The number of rotatable bonds is 5. The zero-order chi connectivity index (χ0) is 14.5. The summed E-state index contributed by atoms with van der Waals surface area (Å²) in [5, 5.41) is 3.72. The number of nitrogens with one attached hydrogen (secondary N) is 1. The molecule has 0 aromatic rings. The molecular formula is C17H36N2. The van der Waals surface area contributed by atoms with Gasteiger partial charge in [0.15, 0.2) is 0 Å². The number of likely N-dealkylation sites (tertiary alicyclic amines) is 1. The van der Waals surface area contributed by atoms with Gasteiger partial charge in [-0.1, -0.05) is 33.6 Å². The largest absolute Gasteiger partial charge is 0.311 e. The zero-order valence-corrected chi connectivity index (χ0v) is 14.1. The Labute approximate surface area is 121 Å². The second kappa shape index (κ2) is 7.64. The molecule has 1 rings (SSSR count). The van der Waals surface area contributed by atoms with E-state index in [-0.39, 0.29) is 5.54 Å². The summed E-state index contributed by atoms with van der Waals surface area (Å²) in [5.74, 6) is 0.724. The standard InChI is InChI=1S/C17H36N2/c1-7-15-11-9-8-10-12-19(15)16(14(2)3)13-18-17(4,5)6/h14-16,18H,7-13H2,1-6H3. The van der Waals surface area contributed by atoms with Crippen LogP contribution in [-0.4, -0.2) is 35.6 Å². The lowest BCUT2D eigenvalue weighted by Crippen LogP contribution is -2.53. The number of hydrogen-bond acceptors (Lipinski definition) is 2. The van der Waals surface area contributed by atoms with Crippen molar-refractivity contribution in [1.82, 2.24) is 10.2 Å². The first kappa shape index (κ1) is 17.0. The summed E-state index contributed by atoms with van der Waals surface area (Å²) in [7, 11) is 0. The maximum absolute atomic E-state index is 3.72. The van der Waals surface area contributed by atoms with Gasteiger partial charge in [0.05, 0.1) is 0 Å². The molecule has 1 heterocycles. The molecule has 2 unspecified atom stereocenters. The molecule has 19 heavy (non-hydrogen) atoms. The third kappa shape index (κ3) is 5.83. The molecule has 0 saturated carbocycles. The minimum Gasteiger partial charge on any atom is -0.311 e. The van der Waals surface area contributed by atoms with Crippen LogP contribution in [0.5, 0.6) is 0 Å². The Morgan fingerprint density at radius 2 is 1.84 bits per heavy atom. The molecule has 1 saturated heterocycles. The summed E-state index contributed by atoms with van der Waals surface area (Å²) in [6.45, 7) is 16.3. The molecule has 1 N–H and O–H groups in total. The fourth-order valence-electron chi connectivity index (χ4n) is 3.22. The first-order chi connectivity index (χ1) is 8.85. The lowest BCUT2D eigenvalue weighted by atomic mass is 9.97. The molecule has 0 radical (unpaired) electrons. The molecule has 0 aliphatic carbocycles. The van der Waals surface area contributed by atoms with Gasteiger partial charge in [0.25, 0.3) is 0 Å². The van der Waals surface area contributed by atoms with Crippen molar-refractivity contribution in [2.24, 2.45) is 5.92 Å². The van der Waals surface area contributed by atoms with Crippen LogP contribution in [0.3, 0.4) is 0 Å². The monoisotopic (exact) mass is 268 g/mol. The molecule has 2 heteroatoms. The maximum atomic E-state index is 3.72. The molecule has 0 aromatic heterocycles. The van der Waals surface area contributed by atoms with Crippen LogP contribution >= 0.6 is 0 Å². The van der Waals surface area contributed by atoms with Crippen molar-refractivity contribution in [2.75, 3.05) is 13.1 Å². The van der Waals surface area contributed by atoms with Crippen molar-refractivity contribution in [2.45, 2.75) is 91.3 Å². The predicted molar refractivity (Wildman–Crippen MR) is 85.6 cm³/mol. The third-order valence-electron chi connectivity index (χ3n) is 4.43. The molecule has 1 aliphatic heterocycles. The highest BCUT2D eigenvalue weighted by atomic mass is 15.2. The van der Waals surface area contributed by atoms with Crippen LogP contribution in [0.1, 0.15) is 73.6 Å². The van der Waals surface area contributed by atoms with Gasteiger partial charge in [0, 0.05) is 24.2 Å². The molecule has 0 bridgehead atoms. The first-order valence-electron chi connectivity index (χ1n) is 8.36. The van der Waals surface area contributed by atoms with Crippen LogP contribution in [0.2, 0.25) is 0 Å². The molecule has 0 amide bonds. The Morgan fingerprint density at radius 1 is 1.16 bits per heavy atom. The highest BCUT2D eigenvalue weighted by Crippen LogP contribution is 2.24. The number of nitrogens with zero attached hydrogens (tertiary/aromatic N) is 1.